The zero-order valence-electron chi connectivity index (χ0n) is 16.7. The first-order chi connectivity index (χ1) is 14.3. The molecule has 2 amide bonds. The number of ether oxygens (including phenoxy) is 1. The standard InChI is InChI=1S/C23H19NO6/c1-12(2)20(24-21(26)16-6-4-5-7-17(16)22(24)27)23(28)29-14-8-9-15-13(3)10-19(25)30-18(15)11-14/h4-12,20H,1-3H3/t20-/m0/s1. The molecule has 0 fully saturated rings. The van der Waals surface area contributed by atoms with Gasteiger partial charge in [-0.05, 0) is 42.7 Å². The number of rotatable bonds is 4. The average Bonchev–Trinajstić information content (AvgIpc) is 2.93. The van der Waals surface area contributed by atoms with Crippen molar-refractivity contribution in [2.24, 2.45) is 5.92 Å². The normalized spacial score (nSPS) is 14.3. The van der Waals surface area contributed by atoms with Crippen LogP contribution in [0.1, 0.15) is 40.1 Å². The lowest BCUT2D eigenvalue weighted by Gasteiger charge is -2.27. The molecular weight excluding hydrogens is 386 g/mol. The zero-order valence-corrected chi connectivity index (χ0v) is 16.7. The number of carbonyl (C=O) groups is 3. The fourth-order valence-corrected chi connectivity index (χ4v) is 3.68. The largest absolute Gasteiger partial charge is 0.425 e. The summed E-state index contributed by atoms with van der Waals surface area (Å²) in [7, 11) is 0. The molecule has 4 rings (SSSR count). The van der Waals surface area contributed by atoms with Crippen molar-refractivity contribution in [3.8, 4) is 5.75 Å². The van der Waals surface area contributed by atoms with Crippen LogP contribution in [0.2, 0.25) is 0 Å². The molecular formula is C23H19NO6. The molecule has 7 heteroatoms. The molecule has 0 N–H and O–H groups in total. The second-order valence-electron chi connectivity index (χ2n) is 7.54. The number of imide groups is 1. The highest BCUT2D eigenvalue weighted by atomic mass is 16.5. The Morgan fingerprint density at radius 3 is 2.20 bits per heavy atom. The quantitative estimate of drug-likeness (QED) is 0.286. The molecule has 30 heavy (non-hydrogen) atoms. The van der Waals surface area contributed by atoms with Gasteiger partial charge in [0.2, 0.25) is 0 Å². The Labute approximate surface area is 171 Å². The van der Waals surface area contributed by atoms with E-state index in [1.54, 1.807) is 57.2 Å². The van der Waals surface area contributed by atoms with Gasteiger partial charge >= 0.3 is 11.6 Å². The van der Waals surface area contributed by atoms with Crippen LogP contribution in [0.4, 0.5) is 0 Å². The predicted molar refractivity (Wildman–Crippen MR) is 108 cm³/mol. The van der Waals surface area contributed by atoms with E-state index in [4.69, 9.17) is 9.15 Å². The number of fused-ring (bicyclic) bond motifs is 2. The second kappa shape index (κ2) is 7.26. The summed E-state index contributed by atoms with van der Waals surface area (Å²) < 4.78 is 10.7. The Bertz CT molecular complexity index is 1220. The number of aryl methyl sites for hydroxylation is 1. The van der Waals surface area contributed by atoms with E-state index in [2.05, 4.69) is 0 Å². The highest BCUT2D eigenvalue weighted by Gasteiger charge is 2.44. The van der Waals surface area contributed by atoms with E-state index in [0.29, 0.717) is 0 Å². The Hall–Kier alpha value is -3.74. The monoisotopic (exact) mass is 405 g/mol. The van der Waals surface area contributed by atoms with Gasteiger partial charge in [0, 0.05) is 17.5 Å². The smallest absolute Gasteiger partial charge is 0.336 e. The summed E-state index contributed by atoms with van der Waals surface area (Å²) in [6.45, 7) is 5.25. The first-order valence-corrected chi connectivity index (χ1v) is 9.51. The number of hydrogen-bond donors (Lipinski definition) is 0. The van der Waals surface area contributed by atoms with Crippen LogP contribution in [0.5, 0.6) is 5.75 Å². The first kappa shape index (κ1) is 19.6. The predicted octanol–water partition coefficient (Wildman–Crippen LogP) is 3.33. The lowest BCUT2D eigenvalue weighted by Crippen LogP contribution is -2.49. The van der Waals surface area contributed by atoms with Crippen LogP contribution in [-0.2, 0) is 4.79 Å². The molecule has 0 radical (unpaired) electrons. The van der Waals surface area contributed by atoms with E-state index in [9.17, 15) is 19.2 Å². The number of hydrogen-bond acceptors (Lipinski definition) is 6. The Morgan fingerprint density at radius 1 is 0.967 bits per heavy atom. The van der Waals surface area contributed by atoms with Gasteiger partial charge in [0.05, 0.1) is 11.1 Å². The van der Waals surface area contributed by atoms with Crippen LogP contribution in [0.25, 0.3) is 11.0 Å². The maximum absolute atomic E-state index is 13.0. The van der Waals surface area contributed by atoms with Gasteiger partial charge in [-0.2, -0.15) is 0 Å². The van der Waals surface area contributed by atoms with Crippen molar-refractivity contribution in [2.75, 3.05) is 0 Å². The van der Waals surface area contributed by atoms with E-state index in [-0.39, 0.29) is 28.4 Å². The molecule has 2 aromatic carbocycles. The highest BCUT2D eigenvalue weighted by molar-refractivity contribution is 6.22. The van der Waals surface area contributed by atoms with Crippen LogP contribution >= 0.6 is 0 Å². The van der Waals surface area contributed by atoms with Gasteiger partial charge < -0.3 is 9.15 Å². The third kappa shape index (κ3) is 3.18. The third-order valence-corrected chi connectivity index (χ3v) is 5.12. The van der Waals surface area contributed by atoms with Crippen LogP contribution in [0, 0.1) is 12.8 Å². The summed E-state index contributed by atoms with van der Waals surface area (Å²) in [4.78, 5) is 51.2. The van der Waals surface area contributed by atoms with E-state index in [1.165, 1.54) is 12.1 Å². The van der Waals surface area contributed by atoms with Crippen molar-refractivity contribution < 1.29 is 23.5 Å². The number of benzene rings is 2. The fraction of sp³-hybridized carbons (Fsp3) is 0.217. The lowest BCUT2D eigenvalue weighted by atomic mass is 10.0. The highest BCUT2D eigenvalue weighted by Crippen LogP contribution is 2.29. The van der Waals surface area contributed by atoms with Gasteiger partial charge in [-0.1, -0.05) is 26.0 Å². The van der Waals surface area contributed by atoms with Crippen molar-refractivity contribution >= 4 is 28.8 Å². The lowest BCUT2D eigenvalue weighted by molar-refractivity contribution is -0.140. The van der Waals surface area contributed by atoms with E-state index in [0.717, 1.165) is 15.8 Å². The number of nitrogens with zero attached hydrogens (tertiary/aromatic N) is 1. The summed E-state index contributed by atoms with van der Waals surface area (Å²) >= 11 is 0. The van der Waals surface area contributed by atoms with Crippen LogP contribution < -0.4 is 10.4 Å². The molecule has 0 saturated carbocycles. The van der Waals surface area contributed by atoms with Crippen molar-refractivity contribution in [1.82, 2.24) is 4.90 Å². The Kier molecular flexibility index (Phi) is 4.73. The summed E-state index contributed by atoms with van der Waals surface area (Å²) in [5.74, 6) is -2.00. The van der Waals surface area contributed by atoms with Gasteiger partial charge in [-0.15, -0.1) is 0 Å². The van der Waals surface area contributed by atoms with Crippen LogP contribution in [0.15, 0.2) is 57.7 Å². The summed E-state index contributed by atoms with van der Waals surface area (Å²) in [6.07, 6.45) is 0. The molecule has 0 spiro atoms. The average molecular weight is 405 g/mol. The summed E-state index contributed by atoms with van der Waals surface area (Å²) in [5.41, 5.74) is 1.06. The molecule has 0 aliphatic carbocycles. The molecule has 0 saturated heterocycles. The SMILES string of the molecule is Cc1cc(=O)oc2cc(OC(=O)[C@H](C(C)C)N3C(=O)c4ccccc4C3=O)ccc12. The van der Waals surface area contributed by atoms with Gasteiger partial charge in [-0.25, -0.2) is 9.59 Å². The van der Waals surface area contributed by atoms with E-state index in [1.807, 2.05) is 0 Å². The van der Waals surface area contributed by atoms with Crippen molar-refractivity contribution in [3.63, 3.8) is 0 Å². The molecule has 152 valence electrons. The molecule has 0 unspecified atom stereocenters. The van der Waals surface area contributed by atoms with Gasteiger partial charge in [0.1, 0.15) is 17.4 Å². The second-order valence-corrected chi connectivity index (χ2v) is 7.54. The molecule has 3 aromatic rings. The third-order valence-electron chi connectivity index (χ3n) is 5.12. The fourth-order valence-electron chi connectivity index (χ4n) is 3.68. The molecule has 1 aromatic heterocycles. The first-order valence-electron chi connectivity index (χ1n) is 9.51. The number of amides is 2. The van der Waals surface area contributed by atoms with Gasteiger partial charge in [0.25, 0.3) is 11.8 Å². The molecule has 0 bridgehead atoms. The maximum Gasteiger partial charge on any atom is 0.336 e. The number of esters is 1. The molecule has 1 atom stereocenters. The summed E-state index contributed by atoms with van der Waals surface area (Å²) in [6, 6.07) is 11.4. The number of carbonyl (C=O) groups excluding carboxylic acids is 3. The minimum absolute atomic E-state index is 0.156. The Balaban J connectivity index is 1.66. The molecule has 1 aliphatic heterocycles. The Morgan fingerprint density at radius 2 is 1.60 bits per heavy atom. The zero-order chi connectivity index (χ0) is 21.6. The van der Waals surface area contributed by atoms with Crippen molar-refractivity contribution in [3.05, 3.63) is 75.6 Å². The van der Waals surface area contributed by atoms with Crippen molar-refractivity contribution in [1.29, 1.82) is 0 Å². The van der Waals surface area contributed by atoms with Crippen molar-refractivity contribution in [2.45, 2.75) is 26.8 Å². The van der Waals surface area contributed by atoms with Crippen LogP contribution in [-0.4, -0.2) is 28.7 Å². The van der Waals surface area contributed by atoms with Gasteiger partial charge in [0.15, 0.2) is 0 Å². The molecule has 2 heterocycles. The molecule has 7 nitrogen and oxygen atoms in total. The molecule has 1 aliphatic rings. The maximum atomic E-state index is 13.0. The minimum atomic E-state index is -1.10. The minimum Gasteiger partial charge on any atom is -0.425 e. The summed E-state index contributed by atoms with van der Waals surface area (Å²) in [5, 5.41) is 0.718. The van der Waals surface area contributed by atoms with Crippen LogP contribution in [0.3, 0.4) is 0 Å². The van der Waals surface area contributed by atoms with Gasteiger partial charge in [-0.3, -0.25) is 14.5 Å². The van der Waals surface area contributed by atoms with E-state index >= 15 is 0 Å². The van der Waals surface area contributed by atoms with E-state index < -0.39 is 29.5 Å². The topological polar surface area (TPSA) is 93.9 Å².